The van der Waals surface area contributed by atoms with Crippen molar-refractivity contribution >= 4 is 15.9 Å². The van der Waals surface area contributed by atoms with E-state index in [1.165, 1.54) is 0 Å². The summed E-state index contributed by atoms with van der Waals surface area (Å²) in [7, 11) is -4.12. The molecule has 0 aliphatic carbocycles. The maximum Gasteiger partial charge on any atom is 0.302 e. The van der Waals surface area contributed by atoms with Crippen molar-refractivity contribution < 1.29 is 21.6 Å². The van der Waals surface area contributed by atoms with Gasteiger partial charge in [0.15, 0.2) is 11.6 Å². The summed E-state index contributed by atoms with van der Waals surface area (Å²) in [6.07, 6.45) is 2.09. The van der Waals surface area contributed by atoms with Crippen LogP contribution in [0.3, 0.4) is 0 Å². The smallest absolute Gasteiger partial charge is 0.302 e. The molecule has 1 aliphatic rings. The Morgan fingerprint density at radius 2 is 2.00 bits per heavy atom. The molecule has 1 fully saturated rings. The van der Waals surface area contributed by atoms with Crippen molar-refractivity contribution in [3.63, 3.8) is 0 Å². The molecule has 0 amide bonds. The molecular weight excluding hydrogens is 307 g/mol. The highest BCUT2D eigenvalue weighted by molar-refractivity contribution is 7.90. The number of anilines is 1. The van der Waals surface area contributed by atoms with Gasteiger partial charge in [-0.15, -0.1) is 0 Å². The molecule has 0 spiro atoms. The molecule has 1 heterocycles. The predicted molar refractivity (Wildman–Crippen MR) is 72.3 cm³/mol. The fourth-order valence-corrected chi connectivity index (χ4v) is 3.85. The van der Waals surface area contributed by atoms with E-state index in [0.717, 1.165) is 10.7 Å². The Kier molecular flexibility index (Phi) is 4.74. The molecule has 1 unspecified atom stereocenters. The Hall–Kier alpha value is -1.32. The van der Waals surface area contributed by atoms with Crippen molar-refractivity contribution in [2.24, 2.45) is 5.73 Å². The summed E-state index contributed by atoms with van der Waals surface area (Å²) in [5.74, 6) is -3.97. The van der Waals surface area contributed by atoms with Crippen LogP contribution >= 0.6 is 0 Å². The van der Waals surface area contributed by atoms with E-state index < -0.39 is 39.4 Å². The van der Waals surface area contributed by atoms with Crippen LogP contribution < -0.4 is 10.5 Å². The molecule has 5 nitrogen and oxygen atoms in total. The zero-order valence-electron chi connectivity index (χ0n) is 11.2. The molecule has 0 aromatic heterocycles. The minimum atomic E-state index is -4.12. The lowest BCUT2D eigenvalue weighted by Gasteiger charge is -2.33. The predicted octanol–water partition coefficient (Wildman–Crippen LogP) is 1.57. The Balaban J connectivity index is 2.29. The van der Waals surface area contributed by atoms with Crippen LogP contribution in [0.25, 0.3) is 0 Å². The van der Waals surface area contributed by atoms with Crippen molar-refractivity contribution in [1.29, 1.82) is 0 Å². The van der Waals surface area contributed by atoms with E-state index in [1.807, 2.05) is 4.72 Å². The Morgan fingerprint density at radius 3 is 2.67 bits per heavy atom. The summed E-state index contributed by atoms with van der Waals surface area (Å²) in [5, 5.41) is 0. The average molecular weight is 323 g/mol. The lowest BCUT2D eigenvalue weighted by atomic mass is 10.1. The minimum absolute atomic E-state index is 0.126. The van der Waals surface area contributed by atoms with Crippen LogP contribution in [-0.4, -0.2) is 31.9 Å². The van der Waals surface area contributed by atoms with Gasteiger partial charge in [-0.25, -0.2) is 13.2 Å². The van der Waals surface area contributed by atoms with Crippen LogP contribution in [0.1, 0.15) is 19.3 Å². The summed E-state index contributed by atoms with van der Waals surface area (Å²) in [6.45, 7) is 0.359. The van der Waals surface area contributed by atoms with Gasteiger partial charge in [-0.1, -0.05) is 6.42 Å². The second-order valence-electron chi connectivity index (χ2n) is 4.85. The summed E-state index contributed by atoms with van der Waals surface area (Å²) in [6, 6.07) is 0.534. The first-order chi connectivity index (χ1) is 9.85. The van der Waals surface area contributed by atoms with Crippen LogP contribution in [0.5, 0.6) is 0 Å². The van der Waals surface area contributed by atoms with E-state index in [1.54, 1.807) is 0 Å². The van der Waals surface area contributed by atoms with Gasteiger partial charge in [-0.3, -0.25) is 4.72 Å². The van der Waals surface area contributed by atoms with E-state index >= 15 is 0 Å². The van der Waals surface area contributed by atoms with Gasteiger partial charge in [0, 0.05) is 31.3 Å². The molecule has 9 heteroatoms. The SMILES string of the molecule is NCC1CCCCN1S(=O)(=O)Nc1cc(F)cc(F)c1F. The fraction of sp³-hybridized carbons (Fsp3) is 0.500. The average Bonchev–Trinajstić information content (AvgIpc) is 2.44. The molecule has 1 atom stereocenters. The van der Waals surface area contributed by atoms with Crippen molar-refractivity contribution in [2.45, 2.75) is 25.3 Å². The first-order valence-electron chi connectivity index (χ1n) is 6.49. The third-order valence-electron chi connectivity index (χ3n) is 3.39. The molecule has 21 heavy (non-hydrogen) atoms. The highest BCUT2D eigenvalue weighted by Gasteiger charge is 2.32. The zero-order valence-corrected chi connectivity index (χ0v) is 12.0. The molecule has 1 aliphatic heterocycles. The Labute approximate surface area is 121 Å². The molecule has 1 aromatic rings. The maximum atomic E-state index is 13.5. The van der Waals surface area contributed by atoms with E-state index in [-0.39, 0.29) is 13.1 Å². The number of hydrogen-bond acceptors (Lipinski definition) is 3. The number of halogens is 3. The van der Waals surface area contributed by atoms with Gasteiger partial charge in [-0.05, 0) is 12.8 Å². The number of nitrogens with two attached hydrogens (primary N) is 1. The third-order valence-corrected chi connectivity index (χ3v) is 4.96. The summed E-state index contributed by atoms with van der Waals surface area (Å²) >= 11 is 0. The molecule has 0 radical (unpaired) electrons. The van der Waals surface area contributed by atoms with Crippen LogP contribution in [0.15, 0.2) is 12.1 Å². The Bertz CT molecular complexity index is 624. The number of rotatable bonds is 4. The number of nitrogens with one attached hydrogen (secondary N) is 1. The van der Waals surface area contributed by atoms with Crippen molar-refractivity contribution in [2.75, 3.05) is 17.8 Å². The molecule has 1 aromatic carbocycles. The molecular formula is C12H16F3N3O2S. The minimum Gasteiger partial charge on any atom is -0.329 e. The number of benzene rings is 1. The summed E-state index contributed by atoms with van der Waals surface area (Å²) < 4.78 is 67.2. The highest BCUT2D eigenvalue weighted by Crippen LogP contribution is 2.24. The van der Waals surface area contributed by atoms with Crippen LogP contribution in [0, 0.1) is 17.5 Å². The zero-order chi connectivity index (χ0) is 15.6. The molecule has 1 saturated heterocycles. The Morgan fingerprint density at radius 1 is 1.29 bits per heavy atom. The maximum absolute atomic E-state index is 13.5. The van der Waals surface area contributed by atoms with Crippen LogP contribution in [-0.2, 0) is 10.2 Å². The van der Waals surface area contributed by atoms with E-state index in [2.05, 4.69) is 0 Å². The van der Waals surface area contributed by atoms with Gasteiger partial charge in [0.2, 0.25) is 0 Å². The second-order valence-corrected chi connectivity index (χ2v) is 6.48. The van der Waals surface area contributed by atoms with Crippen molar-refractivity contribution in [3.8, 4) is 0 Å². The first-order valence-corrected chi connectivity index (χ1v) is 7.93. The molecule has 0 bridgehead atoms. The summed E-state index contributed by atoms with van der Waals surface area (Å²) in [5.41, 5.74) is 4.78. The van der Waals surface area contributed by atoms with E-state index in [9.17, 15) is 21.6 Å². The molecule has 3 N–H and O–H groups in total. The monoisotopic (exact) mass is 323 g/mol. The van der Waals surface area contributed by atoms with Gasteiger partial charge in [0.05, 0.1) is 5.69 Å². The molecule has 2 rings (SSSR count). The fourth-order valence-electron chi connectivity index (χ4n) is 2.35. The quantitative estimate of drug-likeness (QED) is 0.826. The lowest BCUT2D eigenvalue weighted by molar-refractivity contribution is 0.259. The normalized spacial score (nSPS) is 20.5. The third kappa shape index (κ3) is 3.47. The van der Waals surface area contributed by atoms with Crippen LogP contribution in [0.4, 0.5) is 18.9 Å². The highest BCUT2D eigenvalue weighted by atomic mass is 32.2. The topological polar surface area (TPSA) is 75.4 Å². The summed E-state index contributed by atoms with van der Waals surface area (Å²) in [4.78, 5) is 0. The van der Waals surface area contributed by atoms with Gasteiger partial charge < -0.3 is 5.73 Å². The lowest BCUT2D eigenvalue weighted by Crippen LogP contribution is -2.49. The number of nitrogens with zero attached hydrogens (tertiary/aromatic N) is 1. The van der Waals surface area contributed by atoms with Gasteiger partial charge in [0.25, 0.3) is 0 Å². The molecule has 0 saturated carbocycles. The number of hydrogen-bond donors (Lipinski definition) is 2. The van der Waals surface area contributed by atoms with Gasteiger partial charge >= 0.3 is 10.2 Å². The second kappa shape index (κ2) is 6.20. The van der Waals surface area contributed by atoms with Gasteiger partial charge in [0.1, 0.15) is 5.82 Å². The van der Waals surface area contributed by atoms with E-state index in [4.69, 9.17) is 5.73 Å². The van der Waals surface area contributed by atoms with Crippen molar-refractivity contribution in [1.82, 2.24) is 4.31 Å². The molecule has 118 valence electrons. The number of piperidine rings is 1. The van der Waals surface area contributed by atoms with Gasteiger partial charge in [-0.2, -0.15) is 12.7 Å². The first kappa shape index (κ1) is 16.1. The van der Waals surface area contributed by atoms with Crippen molar-refractivity contribution in [3.05, 3.63) is 29.6 Å². The van der Waals surface area contributed by atoms with Crippen LogP contribution in [0.2, 0.25) is 0 Å². The van der Waals surface area contributed by atoms with E-state index in [0.29, 0.717) is 25.0 Å². The standard InChI is InChI=1S/C12H16F3N3O2S/c13-8-5-10(14)12(15)11(6-8)17-21(19,20)18-4-2-1-3-9(18)7-16/h5-6,9,17H,1-4,7,16H2. The largest absolute Gasteiger partial charge is 0.329 e.